The predicted molar refractivity (Wildman–Crippen MR) is 86.0 cm³/mol. The second-order valence-electron chi connectivity index (χ2n) is 5.34. The third-order valence-corrected chi connectivity index (χ3v) is 3.66. The minimum atomic E-state index is -0.0679. The first-order valence-electron chi connectivity index (χ1n) is 6.75. The number of fused-ring (bicyclic) bond motifs is 1. The molecule has 0 saturated heterocycles. The van der Waals surface area contributed by atoms with Crippen molar-refractivity contribution in [2.45, 2.75) is 20.4 Å². The molecule has 0 fully saturated rings. The van der Waals surface area contributed by atoms with E-state index in [1.165, 1.54) is 11.1 Å². The van der Waals surface area contributed by atoms with Gasteiger partial charge >= 0.3 is 0 Å². The highest BCUT2D eigenvalue weighted by atomic mass is 35.5. The van der Waals surface area contributed by atoms with E-state index >= 15 is 0 Å². The number of aromatic nitrogens is 2. The van der Waals surface area contributed by atoms with Gasteiger partial charge < -0.3 is 0 Å². The van der Waals surface area contributed by atoms with Crippen molar-refractivity contribution < 1.29 is 0 Å². The van der Waals surface area contributed by atoms with Crippen molar-refractivity contribution in [1.29, 1.82) is 0 Å². The summed E-state index contributed by atoms with van der Waals surface area (Å²) >= 11 is 5.97. The van der Waals surface area contributed by atoms with Gasteiger partial charge in [-0.05, 0) is 37.6 Å². The molecule has 0 aliphatic carbocycles. The molecular formula is C17H15ClN2O. The largest absolute Gasteiger partial charge is 0.294 e. The Bertz CT molecular complexity index is 863. The maximum absolute atomic E-state index is 12.5. The molecule has 0 saturated carbocycles. The van der Waals surface area contributed by atoms with Crippen molar-refractivity contribution >= 4 is 22.5 Å². The van der Waals surface area contributed by atoms with Gasteiger partial charge in [0.25, 0.3) is 5.56 Å². The van der Waals surface area contributed by atoms with Gasteiger partial charge in [0.1, 0.15) is 0 Å². The second-order valence-corrected chi connectivity index (χ2v) is 5.77. The van der Waals surface area contributed by atoms with Crippen LogP contribution in [0.1, 0.15) is 16.7 Å². The van der Waals surface area contributed by atoms with Crippen molar-refractivity contribution in [2.75, 3.05) is 0 Å². The molecule has 2 aromatic carbocycles. The molecule has 0 radical (unpaired) electrons. The first-order valence-corrected chi connectivity index (χ1v) is 7.12. The van der Waals surface area contributed by atoms with Crippen LogP contribution >= 0.6 is 11.6 Å². The van der Waals surface area contributed by atoms with Crippen molar-refractivity contribution in [1.82, 2.24) is 9.55 Å². The molecule has 4 heteroatoms. The van der Waals surface area contributed by atoms with Crippen molar-refractivity contribution in [3.63, 3.8) is 0 Å². The van der Waals surface area contributed by atoms with Crippen LogP contribution in [0.25, 0.3) is 10.9 Å². The molecule has 0 amide bonds. The molecule has 3 nitrogen and oxygen atoms in total. The molecule has 0 aliphatic heterocycles. The van der Waals surface area contributed by atoms with Crippen LogP contribution in [0.2, 0.25) is 5.02 Å². The number of halogens is 1. The van der Waals surface area contributed by atoms with Crippen LogP contribution in [0, 0.1) is 13.8 Å². The third kappa shape index (κ3) is 2.83. The topological polar surface area (TPSA) is 34.9 Å². The Labute approximate surface area is 127 Å². The van der Waals surface area contributed by atoms with Crippen LogP contribution in [-0.2, 0) is 6.54 Å². The average molecular weight is 299 g/mol. The van der Waals surface area contributed by atoms with Gasteiger partial charge in [-0.1, -0.05) is 40.9 Å². The number of hydrogen-bond donors (Lipinski definition) is 0. The van der Waals surface area contributed by atoms with Gasteiger partial charge in [-0.15, -0.1) is 0 Å². The Morgan fingerprint density at radius 3 is 2.52 bits per heavy atom. The number of rotatable bonds is 2. The first-order chi connectivity index (χ1) is 10.0. The van der Waals surface area contributed by atoms with Crippen molar-refractivity contribution in [3.8, 4) is 0 Å². The van der Waals surface area contributed by atoms with Crippen LogP contribution < -0.4 is 5.56 Å². The quantitative estimate of drug-likeness (QED) is 0.723. The summed E-state index contributed by atoms with van der Waals surface area (Å²) < 4.78 is 1.62. The van der Waals surface area contributed by atoms with Crippen molar-refractivity contribution in [2.24, 2.45) is 0 Å². The summed E-state index contributed by atoms with van der Waals surface area (Å²) in [6, 6.07) is 11.5. The summed E-state index contributed by atoms with van der Waals surface area (Å²) in [4.78, 5) is 16.8. The fourth-order valence-electron chi connectivity index (χ4n) is 2.60. The molecule has 3 aromatic rings. The van der Waals surface area contributed by atoms with Gasteiger partial charge in [0.15, 0.2) is 0 Å². The van der Waals surface area contributed by atoms with E-state index in [1.54, 1.807) is 29.1 Å². The molecular weight excluding hydrogens is 284 g/mol. The fraction of sp³-hybridized carbons (Fsp3) is 0.176. The van der Waals surface area contributed by atoms with Crippen molar-refractivity contribution in [3.05, 3.63) is 74.8 Å². The van der Waals surface area contributed by atoms with Gasteiger partial charge in [0.2, 0.25) is 0 Å². The van der Waals surface area contributed by atoms with Crippen LogP contribution in [0.4, 0.5) is 0 Å². The Kier molecular flexibility index (Phi) is 3.52. The lowest BCUT2D eigenvalue weighted by molar-refractivity contribution is 0.747. The van der Waals surface area contributed by atoms with E-state index in [-0.39, 0.29) is 5.56 Å². The van der Waals surface area contributed by atoms with E-state index in [4.69, 9.17) is 11.6 Å². The molecule has 0 atom stereocenters. The lowest BCUT2D eigenvalue weighted by atomic mass is 10.1. The summed E-state index contributed by atoms with van der Waals surface area (Å²) in [5.41, 5.74) is 4.07. The SMILES string of the molecule is Cc1cc(C)cc(Cn2cnc3ccc(Cl)cc3c2=O)c1. The molecule has 0 spiro atoms. The highest BCUT2D eigenvalue weighted by molar-refractivity contribution is 6.31. The summed E-state index contributed by atoms with van der Waals surface area (Å²) in [7, 11) is 0. The highest BCUT2D eigenvalue weighted by Gasteiger charge is 2.06. The Morgan fingerprint density at radius 2 is 1.81 bits per heavy atom. The van der Waals surface area contributed by atoms with E-state index in [0.29, 0.717) is 22.5 Å². The fourth-order valence-corrected chi connectivity index (χ4v) is 2.77. The number of benzene rings is 2. The molecule has 0 aliphatic rings. The van der Waals surface area contributed by atoms with Crippen LogP contribution in [0.3, 0.4) is 0 Å². The molecule has 0 bridgehead atoms. The van der Waals surface area contributed by atoms with E-state index in [2.05, 4.69) is 37.0 Å². The zero-order valence-corrected chi connectivity index (χ0v) is 12.7. The Morgan fingerprint density at radius 1 is 1.10 bits per heavy atom. The first kappa shape index (κ1) is 13.8. The lowest BCUT2D eigenvalue weighted by Gasteiger charge is -2.09. The molecule has 21 heavy (non-hydrogen) atoms. The Hall–Kier alpha value is -2.13. The molecule has 1 heterocycles. The van der Waals surface area contributed by atoms with E-state index < -0.39 is 0 Å². The molecule has 0 N–H and O–H groups in total. The highest BCUT2D eigenvalue weighted by Crippen LogP contribution is 2.15. The van der Waals surface area contributed by atoms with E-state index in [9.17, 15) is 4.79 Å². The molecule has 1 aromatic heterocycles. The summed E-state index contributed by atoms with van der Waals surface area (Å²) in [6.45, 7) is 4.62. The Balaban J connectivity index is 2.08. The molecule has 106 valence electrons. The minimum Gasteiger partial charge on any atom is -0.294 e. The summed E-state index contributed by atoms with van der Waals surface area (Å²) in [6.07, 6.45) is 1.59. The lowest BCUT2D eigenvalue weighted by Crippen LogP contribution is -2.21. The third-order valence-electron chi connectivity index (χ3n) is 3.42. The average Bonchev–Trinajstić information content (AvgIpc) is 2.41. The predicted octanol–water partition coefficient (Wildman–Crippen LogP) is 3.72. The summed E-state index contributed by atoms with van der Waals surface area (Å²) in [5, 5.41) is 1.10. The maximum Gasteiger partial charge on any atom is 0.261 e. The maximum atomic E-state index is 12.5. The smallest absolute Gasteiger partial charge is 0.261 e. The van der Waals surface area contributed by atoms with Gasteiger partial charge in [-0.2, -0.15) is 0 Å². The number of hydrogen-bond acceptors (Lipinski definition) is 2. The zero-order valence-electron chi connectivity index (χ0n) is 11.9. The second kappa shape index (κ2) is 5.34. The molecule has 3 rings (SSSR count). The number of nitrogens with zero attached hydrogens (tertiary/aromatic N) is 2. The van der Waals surface area contributed by atoms with E-state index in [1.807, 2.05) is 0 Å². The molecule has 0 unspecified atom stereocenters. The van der Waals surface area contributed by atoms with Gasteiger partial charge in [0, 0.05) is 5.02 Å². The van der Waals surface area contributed by atoms with Crippen LogP contribution in [-0.4, -0.2) is 9.55 Å². The van der Waals surface area contributed by atoms with E-state index in [0.717, 1.165) is 5.56 Å². The van der Waals surface area contributed by atoms with Crippen LogP contribution in [0.5, 0.6) is 0 Å². The van der Waals surface area contributed by atoms with Gasteiger partial charge in [0.05, 0.1) is 23.8 Å². The van der Waals surface area contributed by atoms with Crippen LogP contribution in [0.15, 0.2) is 47.5 Å². The minimum absolute atomic E-state index is 0.0679. The van der Waals surface area contributed by atoms with Gasteiger partial charge in [-0.25, -0.2) is 4.98 Å². The standard InChI is InChI=1S/C17H15ClN2O/c1-11-5-12(2)7-13(6-11)9-20-10-19-16-4-3-14(18)8-15(16)17(20)21/h3-8,10H,9H2,1-2H3. The summed E-state index contributed by atoms with van der Waals surface area (Å²) in [5.74, 6) is 0. The number of aryl methyl sites for hydroxylation is 2. The normalized spacial score (nSPS) is 11.0. The zero-order chi connectivity index (χ0) is 15.0. The van der Waals surface area contributed by atoms with Gasteiger partial charge in [-0.3, -0.25) is 9.36 Å². The monoisotopic (exact) mass is 298 g/mol.